The Kier molecular flexibility index (Phi) is 4.66. The van der Waals surface area contributed by atoms with Gasteiger partial charge >= 0.3 is 0 Å². The maximum Gasteiger partial charge on any atom is 0.219 e. The summed E-state index contributed by atoms with van der Waals surface area (Å²) in [5.41, 5.74) is 7.99. The maximum absolute atomic E-state index is 11.4. The lowest BCUT2D eigenvalue weighted by Gasteiger charge is -2.25. The first-order chi connectivity index (χ1) is 9.11. The van der Waals surface area contributed by atoms with Crippen molar-refractivity contribution < 1.29 is 4.79 Å². The molecule has 1 fully saturated rings. The van der Waals surface area contributed by atoms with Gasteiger partial charge in [0.1, 0.15) is 0 Å². The third kappa shape index (κ3) is 3.39. The molecule has 5 heteroatoms. The van der Waals surface area contributed by atoms with E-state index in [1.165, 1.54) is 0 Å². The number of nitrogens with two attached hydrogens (primary N) is 1. The summed E-state index contributed by atoms with van der Waals surface area (Å²) in [6.45, 7) is 5.48. The number of nitrogens with zero attached hydrogens (tertiary/aromatic N) is 2. The Balaban J connectivity index is 2.16. The van der Waals surface area contributed by atoms with Crippen molar-refractivity contribution in [3.05, 3.63) is 28.8 Å². The van der Waals surface area contributed by atoms with E-state index in [0.717, 1.165) is 43.9 Å². The molecular weight excluding hydrogens is 262 g/mol. The topological polar surface area (TPSA) is 49.6 Å². The summed E-state index contributed by atoms with van der Waals surface area (Å²) in [6.07, 6.45) is 0.978. The zero-order valence-electron chi connectivity index (χ0n) is 11.2. The highest BCUT2D eigenvalue weighted by atomic mass is 35.5. The number of halogens is 1. The molecule has 1 amide bonds. The van der Waals surface area contributed by atoms with Crippen molar-refractivity contribution >= 4 is 23.2 Å². The predicted molar refractivity (Wildman–Crippen MR) is 78.4 cm³/mol. The molecule has 1 heterocycles. The molecule has 0 aromatic heterocycles. The Labute approximate surface area is 119 Å². The first-order valence-corrected chi connectivity index (χ1v) is 6.98. The van der Waals surface area contributed by atoms with Gasteiger partial charge in [0, 0.05) is 50.4 Å². The van der Waals surface area contributed by atoms with Gasteiger partial charge in [-0.2, -0.15) is 0 Å². The average molecular weight is 282 g/mol. The molecule has 4 nitrogen and oxygen atoms in total. The van der Waals surface area contributed by atoms with Gasteiger partial charge in [-0.1, -0.05) is 11.6 Å². The highest BCUT2D eigenvalue weighted by molar-refractivity contribution is 6.30. The minimum atomic E-state index is 0.150. The van der Waals surface area contributed by atoms with E-state index < -0.39 is 0 Å². The number of anilines is 1. The molecular formula is C14H20ClN3O. The van der Waals surface area contributed by atoms with E-state index in [2.05, 4.69) is 4.90 Å². The molecule has 0 aliphatic carbocycles. The van der Waals surface area contributed by atoms with Crippen molar-refractivity contribution in [1.82, 2.24) is 4.90 Å². The second-order valence-corrected chi connectivity index (χ2v) is 5.26. The average Bonchev–Trinajstić information content (AvgIpc) is 2.64. The maximum atomic E-state index is 11.4. The second kappa shape index (κ2) is 6.26. The van der Waals surface area contributed by atoms with E-state index in [1.807, 2.05) is 23.1 Å². The SMILES string of the molecule is CC(=O)N1CCCN(c2ccc(Cl)cc2CN)CC1. The van der Waals surface area contributed by atoms with E-state index in [4.69, 9.17) is 17.3 Å². The number of hydrogen-bond acceptors (Lipinski definition) is 3. The highest BCUT2D eigenvalue weighted by Crippen LogP contribution is 2.25. The number of carbonyl (C=O) groups is 1. The lowest BCUT2D eigenvalue weighted by Crippen LogP contribution is -2.34. The van der Waals surface area contributed by atoms with Crippen LogP contribution in [-0.4, -0.2) is 37.0 Å². The van der Waals surface area contributed by atoms with E-state index in [1.54, 1.807) is 6.92 Å². The summed E-state index contributed by atoms with van der Waals surface area (Å²) >= 11 is 6.00. The molecule has 0 bridgehead atoms. The Bertz CT molecular complexity index is 464. The first-order valence-electron chi connectivity index (χ1n) is 6.61. The number of carbonyl (C=O) groups excluding carboxylic acids is 1. The van der Waals surface area contributed by atoms with Gasteiger partial charge in [-0.05, 0) is 30.2 Å². The van der Waals surface area contributed by atoms with Crippen LogP contribution in [0.4, 0.5) is 5.69 Å². The van der Waals surface area contributed by atoms with Crippen molar-refractivity contribution in [1.29, 1.82) is 0 Å². The fourth-order valence-electron chi connectivity index (χ4n) is 2.50. The zero-order chi connectivity index (χ0) is 13.8. The van der Waals surface area contributed by atoms with Crippen LogP contribution in [0.2, 0.25) is 5.02 Å². The molecule has 19 heavy (non-hydrogen) atoms. The smallest absolute Gasteiger partial charge is 0.219 e. The number of benzene rings is 1. The fraction of sp³-hybridized carbons (Fsp3) is 0.500. The molecule has 0 unspecified atom stereocenters. The molecule has 0 spiro atoms. The Morgan fingerprint density at radius 3 is 2.79 bits per heavy atom. The Morgan fingerprint density at radius 1 is 1.32 bits per heavy atom. The van der Waals surface area contributed by atoms with Crippen molar-refractivity contribution in [2.75, 3.05) is 31.1 Å². The summed E-state index contributed by atoms with van der Waals surface area (Å²) in [7, 11) is 0. The molecule has 2 rings (SSSR count). The van der Waals surface area contributed by atoms with Crippen LogP contribution in [0.15, 0.2) is 18.2 Å². The van der Waals surface area contributed by atoms with Gasteiger partial charge in [-0.15, -0.1) is 0 Å². The molecule has 1 aliphatic rings. The number of rotatable bonds is 2. The van der Waals surface area contributed by atoms with E-state index in [-0.39, 0.29) is 5.91 Å². The minimum absolute atomic E-state index is 0.150. The van der Waals surface area contributed by atoms with Crippen LogP contribution in [0.3, 0.4) is 0 Å². The largest absolute Gasteiger partial charge is 0.369 e. The van der Waals surface area contributed by atoms with Crippen molar-refractivity contribution in [3.63, 3.8) is 0 Å². The standard InChI is InChI=1S/C14H20ClN3O/c1-11(19)17-5-2-6-18(8-7-17)14-4-3-13(15)9-12(14)10-16/h3-4,9H,2,5-8,10,16H2,1H3. The van der Waals surface area contributed by atoms with Crippen LogP contribution >= 0.6 is 11.6 Å². The minimum Gasteiger partial charge on any atom is -0.369 e. The predicted octanol–water partition coefficient (Wildman–Crippen LogP) is 1.86. The molecule has 1 aromatic carbocycles. The monoisotopic (exact) mass is 281 g/mol. The third-order valence-electron chi connectivity index (χ3n) is 3.54. The molecule has 1 aliphatic heterocycles. The molecule has 0 radical (unpaired) electrons. The lowest BCUT2D eigenvalue weighted by molar-refractivity contribution is -0.128. The number of amides is 1. The van der Waals surface area contributed by atoms with Gasteiger partial charge in [-0.25, -0.2) is 0 Å². The fourth-order valence-corrected chi connectivity index (χ4v) is 2.69. The lowest BCUT2D eigenvalue weighted by atomic mass is 10.1. The second-order valence-electron chi connectivity index (χ2n) is 4.82. The van der Waals surface area contributed by atoms with Crippen LogP contribution in [0, 0.1) is 0 Å². The molecule has 0 atom stereocenters. The summed E-state index contributed by atoms with van der Waals surface area (Å²) < 4.78 is 0. The molecule has 104 valence electrons. The normalized spacial score (nSPS) is 16.4. The highest BCUT2D eigenvalue weighted by Gasteiger charge is 2.18. The zero-order valence-corrected chi connectivity index (χ0v) is 12.0. The quantitative estimate of drug-likeness (QED) is 0.900. The molecule has 1 saturated heterocycles. The first kappa shape index (κ1) is 14.2. The van der Waals surface area contributed by atoms with Crippen LogP contribution in [0.5, 0.6) is 0 Å². The van der Waals surface area contributed by atoms with E-state index in [0.29, 0.717) is 11.6 Å². The van der Waals surface area contributed by atoms with Crippen LogP contribution in [0.25, 0.3) is 0 Å². The van der Waals surface area contributed by atoms with Crippen molar-refractivity contribution in [3.8, 4) is 0 Å². The van der Waals surface area contributed by atoms with Gasteiger partial charge in [0.2, 0.25) is 5.91 Å². The van der Waals surface area contributed by atoms with Crippen LogP contribution in [0.1, 0.15) is 18.9 Å². The number of hydrogen-bond donors (Lipinski definition) is 1. The van der Waals surface area contributed by atoms with Crippen LogP contribution in [-0.2, 0) is 11.3 Å². The van der Waals surface area contributed by atoms with Gasteiger partial charge in [0.05, 0.1) is 0 Å². The Hall–Kier alpha value is -1.26. The summed E-state index contributed by atoms with van der Waals surface area (Å²) in [4.78, 5) is 15.6. The molecule has 1 aromatic rings. The van der Waals surface area contributed by atoms with Crippen molar-refractivity contribution in [2.45, 2.75) is 19.9 Å². The van der Waals surface area contributed by atoms with Gasteiger partial charge in [0.25, 0.3) is 0 Å². The van der Waals surface area contributed by atoms with E-state index in [9.17, 15) is 4.79 Å². The van der Waals surface area contributed by atoms with Crippen LogP contribution < -0.4 is 10.6 Å². The summed E-state index contributed by atoms with van der Waals surface area (Å²) in [5, 5.41) is 0.712. The summed E-state index contributed by atoms with van der Waals surface area (Å²) in [5.74, 6) is 0.150. The van der Waals surface area contributed by atoms with Crippen molar-refractivity contribution in [2.24, 2.45) is 5.73 Å². The van der Waals surface area contributed by atoms with Gasteiger partial charge < -0.3 is 15.5 Å². The van der Waals surface area contributed by atoms with E-state index >= 15 is 0 Å². The summed E-state index contributed by atoms with van der Waals surface area (Å²) in [6, 6.07) is 5.84. The Morgan fingerprint density at radius 2 is 2.11 bits per heavy atom. The van der Waals surface area contributed by atoms with Gasteiger partial charge in [0.15, 0.2) is 0 Å². The van der Waals surface area contributed by atoms with Gasteiger partial charge in [-0.3, -0.25) is 4.79 Å². The third-order valence-corrected chi connectivity index (χ3v) is 3.78. The molecule has 0 saturated carbocycles. The molecule has 2 N–H and O–H groups in total.